The Hall–Kier alpha value is -2.38. The minimum Gasteiger partial charge on any atom is -0.349 e. The summed E-state index contributed by atoms with van der Waals surface area (Å²) in [6.07, 6.45) is 0. The lowest BCUT2D eigenvalue weighted by molar-refractivity contribution is -0.119. The third kappa shape index (κ3) is 4.87. The molecule has 1 atom stereocenters. The molecule has 0 bridgehead atoms. The zero-order valence-corrected chi connectivity index (χ0v) is 16.9. The number of benzene rings is 2. The van der Waals surface area contributed by atoms with Crippen molar-refractivity contribution in [3.8, 4) is 5.69 Å². The van der Waals surface area contributed by atoms with Gasteiger partial charge in [0.05, 0.1) is 17.5 Å². The van der Waals surface area contributed by atoms with Crippen LogP contribution in [0, 0.1) is 13.8 Å². The molecule has 0 unspecified atom stereocenters. The maximum absolute atomic E-state index is 12.3. The number of nitrogens with zero attached hydrogens (tertiary/aromatic N) is 4. The molecule has 0 aliphatic rings. The van der Waals surface area contributed by atoms with Crippen molar-refractivity contribution in [1.29, 1.82) is 0 Å². The summed E-state index contributed by atoms with van der Waals surface area (Å²) in [7, 11) is 0. The van der Waals surface area contributed by atoms with Gasteiger partial charge in [0.25, 0.3) is 0 Å². The van der Waals surface area contributed by atoms with E-state index in [1.54, 1.807) is 4.68 Å². The van der Waals surface area contributed by atoms with Gasteiger partial charge in [0.15, 0.2) is 0 Å². The summed E-state index contributed by atoms with van der Waals surface area (Å²) < 4.78 is 1.65. The molecule has 0 saturated heterocycles. The number of halogens is 1. The van der Waals surface area contributed by atoms with E-state index in [9.17, 15) is 4.79 Å². The molecule has 2 aromatic carbocycles. The van der Waals surface area contributed by atoms with E-state index in [1.165, 1.54) is 17.3 Å². The molecule has 1 N–H and O–H groups in total. The van der Waals surface area contributed by atoms with E-state index < -0.39 is 0 Å². The molecule has 0 saturated carbocycles. The highest BCUT2D eigenvalue weighted by atomic mass is 35.5. The SMILES string of the molecule is Cc1ccc(-n2nnnc2SCC(=O)N[C@@H](C)c2ccc(Cl)cc2)cc1C. The number of hydrogen-bond donors (Lipinski definition) is 1. The van der Waals surface area contributed by atoms with Crippen molar-refractivity contribution < 1.29 is 4.79 Å². The van der Waals surface area contributed by atoms with Crippen LogP contribution in [0.5, 0.6) is 0 Å². The van der Waals surface area contributed by atoms with Gasteiger partial charge in [0.1, 0.15) is 0 Å². The standard InChI is InChI=1S/C19H20ClN5OS/c1-12-4-9-17(10-13(12)2)25-19(22-23-24-25)27-11-18(26)21-14(3)15-5-7-16(20)8-6-15/h4-10,14H,11H2,1-3H3,(H,21,26)/t14-/m0/s1. The van der Waals surface area contributed by atoms with Crippen molar-refractivity contribution in [3.05, 3.63) is 64.2 Å². The number of carbonyl (C=O) groups excluding carboxylic acids is 1. The number of aryl methyl sites for hydroxylation is 2. The van der Waals surface area contributed by atoms with Crippen LogP contribution in [0.15, 0.2) is 47.6 Å². The quantitative estimate of drug-likeness (QED) is 0.634. The third-order valence-electron chi connectivity index (χ3n) is 4.26. The Morgan fingerprint density at radius 3 is 2.63 bits per heavy atom. The number of tetrazole rings is 1. The fourth-order valence-corrected chi connectivity index (χ4v) is 3.36. The molecule has 1 aromatic heterocycles. The lowest BCUT2D eigenvalue weighted by Crippen LogP contribution is -2.28. The summed E-state index contributed by atoms with van der Waals surface area (Å²) in [5, 5.41) is 16.0. The number of hydrogen-bond acceptors (Lipinski definition) is 5. The molecule has 1 amide bonds. The first-order chi connectivity index (χ1) is 12.9. The van der Waals surface area contributed by atoms with Gasteiger partial charge < -0.3 is 5.32 Å². The summed E-state index contributed by atoms with van der Waals surface area (Å²) in [5.41, 5.74) is 4.24. The van der Waals surface area contributed by atoms with Gasteiger partial charge in [-0.3, -0.25) is 4.79 Å². The molecule has 0 radical (unpaired) electrons. The number of carbonyl (C=O) groups is 1. The minimum atomic E-state index is -0.105. The van der Waals surface area contributed by atoms with Crippen LogP contribution in [0.1, 0.15) is 29.7 Å². The van der Waals surface area contributed by atoms with E-state index >= 15 is 0 Å². The molecule has 8 heteroatoms. The second-order valence-corrected chi connectivity index (χ2v) is 7.65. The van der Waals surface area contributed by atoms with Crippen LogP contribution in [0.4, 0.5) is 0 Å². The second kappa shape index (κ2) is 8.54. The van der Waals surface area contributed by atoms with Crippen molar-refractivity contribution in [3.63, 3.8) is 0 Å². The number of nitrogens with one attached hydrogen (secondary N) is 1. The van der Waals surface area contributed by atoms with E-state index in [0.29, 0.717) is 10.2 Å². The fraction of sp³-hybridized carbons (Fsp3) is 0.263. The highest BCUT2D eigenvalue weighted by molar-refractivity contribution is 7.99. The van der Waals surface area contributed by atoms with Crippen molar-refractivity contribution in [2.75, 3.05) is 5.75 Å². The van der Waals surface area contributed by atoms with Crippen LogP contribution in [0.2, 0.25) is 5.02 Å². The smallest absolute Gasteiger partial charge is 0.230 e. The molecule has 0 fully saturated rings. The molecule has 0 spiro atoms. The number of rotatable bonds is 6. The molecule has 3 rings (SSSR count). The van der Waals surface area contributed by atoms with Crippen LogP contribution >= 0.6 is 23.4 Å². The topological polar surface area (TPSA) is 72.7 Å². The number of aromatic nitrogens is 4. The van der Waals surface area contributed by atoms with Gasteiger partial charge in [-0.25, -0.2) is 0 Å². The predicted octanol–water partition coefficient (Wildman–Crippen LogP) is 3.90. The summed E-state index contributed by atoms with van der Waals surface area (Å²) in [5.74, 6) is 0.139. The molecular weight excluding hydrogens is 382 g/mol. The average Bonchev–Trinajstić information content (AvgIpc) is 3.11. The normalized spacial score (nSPS) is 12.0. The van der Waals surface area contributed by atoms with E-state index in [1.807, 2.05) is 56.3 Å². The van der Waals surface area contributed by atoms with E-state index in [0.717, 1.165) is 16.8 Å². The Morgan fingerprint density at radius 1 is 1.19 bits per heavy atom. The first-order valence-corrected chi connectivity index (χ1v) is 9.84. The maximum Gasteiger partial charge on any atom is 0.230 e. The molecule has 27 heavy (non-hydrogen) atoms. The lowest BCUT2D eigenvalue weighted by Gasteiger charge is -2.14. The molecule has 3 aromatic rings. The van der Waals surface area contributed by atoms with Gasteiger partial charge in [-0.15, -0.1) is 5.10 Å². The highest BCUT2D eigenvalue weighted by Crippen LogP contribution is 2.21. The summed E-state index contributed by atoms with van der Waals surface area (Å²) in [6.45, 7) is 6.03. The zero-order valence-electron chi connectivity index (χ0n) is 15.3. The number of thioether (sulfide) groups is 1. The van der Waals surface area contributed by atoms with Crippen molar-refractivity contribution in [2.45, 2.75) is 32.0 Å². The van der Waals surface area contributed by atoms with Crippen molar-refractivity contribution in [1.82, 2.24) is 25.5 Å². The van der Waals surface area contributed by atoms with Gasteiger partial charge in [-0.1, -0.05) is 41.6 Å². The molecule has 0 aliphatic heterocycles. The van der Waals surface area contributed by atoms with E-state index in [-0.39, 0.29) is 17.7 Å². The summed E-state index contributed by atoms with van der Waals surface area (Å²) in [6, 6.07) is 13.3. The summed E-state index contributed by atoms with van der Waals surface area (Å²) in [4.78, 5) is 12.3. The molecular formula is C19H20ClN5OS. The largest absolute Gasteiger partial charge is 0.349 e. The highest BCUT2D eigenvalue weighted by Gasteiger charge is 2.14. The maximum atomic E-state index is 12.3. The van der Waals surface area contributed by atoms with Crippen LogP contribution in [0.25, 0.3) is 5.69 Å². The Balaban J connectivity index is 1.62. The first kappa shape index (κ1) is 19.4. The Labute approximate surface area is 167 Å². The van der Waals surface area contributed by atoms with Crippen LogP contribution in [-0.4, -0.2) is 31.9 Å². The van der Waals surface area contributed by atoms with Gasteiger partial charge in [-0.05, 0) is 72.2 Å². The van der Waals surface area contributed by atoms with Crippen LogP contribution in [0.3, 0.4) is 0 Å². The Kier molecular flexibility index (Phi) is 6.13. The van der Waals surface area contributed by atoms with Gasteiger partial charge in [-0.2, -0.15) is 4.68 Å². The molecule has 140 valence electrons. The molecule has 6 nitrogen and oxygen atoms in total. The van der Waals surface area contributed by atoms with Gasteiger partial charge in [0.2, 0.25) is 11.1 Å². The number of amides is 1. The van der Waals surface area contributed by atoms with Crippen LogP contribution in [-0.2, 0) is 4.79 Å². The third-order valence-corrected chi connectivity index (χ3v) is 5.43. The lowest BCUT2D eigenvalue weighted by atomic mass is 10.1. The minimum absolute atomic E-state index is 0.0860. The summed E-state index contributed by atoms with van der Waals surface area (Å²) >= 11 is 7.20. The Morgan fingerprint density at radius 2 is 1.93 bits per heavy atom. The van der Waals surface area contributed by atoms with E-state index in [2.05, 4.69) is 27.8 Å². The first-order valence-electron chi connectivity index (χ1n) is 8.47. The zero-order chi connectivity index (χ0) is 19.4. The van der Waals surface area contributed by atoms with Gasteiger partial charge in [0, 0.05) is 5.02 Å². The van der Waals surface area contributed by atoms with Crippen molar-refractivity contribution in [2.24, 2.45) is 0 Å². The predicted molar refractivity (Wildman–Crippen MR) is 107 cm³/mol. The second-order valence-electron chi connectivity index (χ2n) is 6.27. The Bertz CT molecular complexity index is 942. The molecule has 1 heterocycles. The van der Waals surface area contributed by atoms with E-state index in [4.69, 9.17) is 11.6 Å². The molecule has 0 aliphatic carbocycles. The van der Waals surface area contributed by atoms with Crippen LogP contribution < -0.4 is 5.32 Å². The van der Waals surface area contributed by atoms with Crippen molar-refractivity contribution >= 4 is 29.3 Å². The average molecular weight is 402 g/mol. The fourth-order valence-electron chi connectivity index (χ4n) is 2.54. The monoisotopic (exact) mass is 401 g/mol. The van der Waals surface area contributed by atoms with Gasteiger partial charge >= 0.3 is 0 Å².